The number of aliphatic hydroxyl groups excluding tert-OH is 2. The third-order valence-corrected chi connectivity index (χ3v) is 4.59. The van der Waals surface area contributed by atoms with Crippen molar-refractivity contribution in [3.05, 3.63) is 12.2 Å². The van der Waals surface area contributed by atoms with Gasteiger partial charge in [-0.2, -0.15) is 79.0 Å². The Hall–Kier alpha value is -2.66. The third kappa shape index (κ3) is 8.46. The Morgan fingerprint density at radius 1 is 0.500 bits per heavy atom. The van der Waals surface area contributed by atoms with Crippen molar-refractivity contribution >= 4 is 11.9 Å². The monoisotopic (exact) mass is 668 g/mol. The maximum atomic E-state index is 13.4. The standard InChI is InChI=1S/C18H14F18O6/c19-11(20,13(23,24)15(27,28)17(31,32)33)3-7(37)5-41-9(39)1-2-10(40)42-6-8(38)4-12(21,22)14(25,26)16(29,30)18(34,35)36/h1-2,7-8,37-38H,3-6H2/b2-1-. The van der Waals surface area contributed by atoms with Crippen LogP contribution in [0.1, 0.15) is 12.8 Å². The number of halogens is 18. The molecule has 0 amide bonds. The molecule has 0 saturated carbocycles. The van der Waals surface area contributed by atoms with Crippen LogP contribution < -0.4 is 0 Å². The number of carbonyl (C=O) groups excluding carboxylic acids is 2. The van der Waals surface area contributed by atoms with Gasteiger partial charge >= 0.3 is 59.8 Å². The Kier molecular flexibility index (Phi) is 11.7. The lowest BCUT2D eigenvalue weighted by atomic mass is 9.98. The smallest absolute Gasteiger partial charge is 0.460 e. The minimum absolute atomic E-state index is 0.0986. The number of hydrogen-bond acceptors (Lipinski definition) is 6. The molecule has 0 aliphatic heterocycles. The first-order valence-electron chi connectivity index (χ1n) is 10.1. The lowest BCUT2D eigenvalue weighted by Crippen LogP contribution is -2.61. The molecule has 0 fully saturated rings. The highest BCUT2D eigenvalue weighted by molar-refractivity contribution is 5.91. The van der Waals surface area contributed by atoms with Crippen molar-refractivity contribution in [2.45, 2.75) is 72.9 Å². The fourth-order valence-electron chi connectivity index (χ4n) is 2.37. The van der Waals surface area contributed by atoms with Gasteiger partial charge in [0.2, 0.25) is 0 Å². The minimum Gasteiger partial charge on any atom is -0.460 e. The summed E-state index contributed by atoms with van der Waals surface area (Å²) in [5, 5.41) is 18.3. The van der Waals surface area contributed by atoms with E-state index in [4.69, 9.17) is 10.2 Å². The molecule has 0 bridgehead atoms. The van der Waals surface area contributed by atoms with Crippen LogP contribution in [-0.4, -0.2) is 95.5 Å². The summed E-state index contributed by atoms with van der Waals surface area (Å²) in [4.78, 5) is 22.6. The first-order valence-corrected chi connectivity index (χ1v) is 10.1. The summed E-state index contributed by atoms with van der Waals surface area (Å²) in [6, 6.07) is 0. The summed E-state index contributed by atoms with van der Waals surface area (Å²) < 4.78 is 237. The number of hydrogen-bond donors (Lipinski definition) is 2. The first kappa shape index (κ1) is 39.3. The zero-order valence-electron chi connectivity index (χ0n) is 19.5. The molecule has 24 heteroatoms. The second kappa shape index (κ2) is 12.5. The Morgan fingerprint density at radius 3 is 0.952 bits per heavy atom. The van der Waals surface area contributed by atoms with Crippen molar-refractivity contribution < 1.29 is 108 Å². The van der Waals surface area contributed by atoms with Gasteiger partial charge in [-0.25, -0.2) is 9.59 Å². The third-order valence-electron chi connectivity index (χ3n) is 4.59. The van der Waals surface area contributed by atoms with Crippen molar-refractivity contribution in [1.29, 1.82) is 0 Å². The average molecular weight is 668 g/mol. The molecule has 42 heavy (non-hydrogen) atoms. The summed E-state index contributed by atoms with van der Waals surface area (Å²) in [7, 11) is 0. The van der Waals surface area contributed by atoms with Crippen molar-refractivity contribution in [2.24, 2.45) is 0 Å². The molecule has 0 saturated heterocycles. The molecule has 0 aromatic rings. The number of aliphatic hydroxyl groups is 2. The summed E-state index contributed by atoms with van der Waals surface area (Å²) in [6.07, 6.45) is -26.2. The van der Waals surface area contributed by atoms with E-state index in [1.165, 1.54) is 0 Å². The van der Waals surface area contributed by atoms with Gasteiger partial charge < -0.3 is 19.7 Å². The summed E-state index contributed by atoms with van der Waals surface area (Å²) in [5.74, 6) is -45.1. The number of alkyl halides is 18. The Labute approximate surface area is 219 Å². The van der Waals surface area contributed by atoms with Gasteiger partial charge in [0.25, 0.3) is 0 Å². The molecule has 248 valence electrons. The van der Waals surface area contributed by atoms with Crippen LogP contribution in [0.15, 0.2) is 12.2 Å². The van der Waals surface area contributed by atoms with Gasteiger partial charge in [-0.3, -0.25) is 0 Å². The molecular formula is C18H14F18O6. The van der Waals surface area contributed by atoms with Crippen LogP contribution in [0.4, 0.5) is 79.0 Å². The van der Waals surface area contributed by atoms with Gasteiger partial charge in [0.1, 0.15) is 13.2 Å². The van der Waals surface area contributed by atoms with E-state index < -0.39 is 98.1 Å². The fourth-order valence-corrected chi connectivity index (χ4v) is 2.37. The van der Waals surface area contributed by atoms with Crippen LogP contribution >= 0.6 is 0 Å². The molecule has 0 rings (SSSR count). The van der Waals surface area contributed by atoms with Gasteiger partial charge in [-0.15, -0.1) is 0 Å². The topological polar surface area (TPSA) is 93.1 Å². The Balaban J connectivity index is 5.00. The molecule has 0 aromatic carbocycles. The van der Waals surface area contributed by atoms with Gasteiger partial charge in [-0.1, -0.05) is 0 Å². The summed E-state index contributed by atoms with van der Waals surface area (Å²) >= 11 is 0. The van der Waals surface area contributed by atoms with Crippen molar-refractivity contribution in [1.82, 2.24) is 0 Å². The predicted octanol–water partition coefficient (Wildman–Crippen LogP) is 5.07. The Bertz CT molecular complexity index is 895. The molecule has 0 radical (unpaired) electrons. The predicted molar refractivity (Wildman–Crippen MR) is 94.1 cm³/mol. The number of esters is 2. The van der Waals surface area contributed by atoms with Crippen LogP contribution in [0.3, 0.4) is 0 Å². The largest absolute Gasteiger partial charge is 0.460 e. The van der Waals surface area contributed by atoms with E-state index in [2.05, 4.69) is 9.47 Å². The molecular weight excluding hydrogens is 654 g/mol. The second-order valence-electron chi connectivity index (χ2n) is 8.01. The van der Waals surface area contributed by atoms with Crippen LogP contribution in [-0.2, 0) is 19.1 Å². The maximum absolute atomic E-state index is 13.4. The van der Waals surface area contributed by atoms with E-state index in [1.54, 1.807) is 0 Å². The average Bonchev–Trinajstić information content (AvgIpc) is 2.77. The molecule has 0 spiro atoms. The minimum atomic E-state index is -7.28. The van der Waals surface area contributed by atoms with E-state index in [0.29, 0.717) is 0 Å². The molecule has 0 aliphatic rings. The molecule has 2 atom stereocenters. The van der Waals surface area contributed by atoms with Crippen LogP contribution in [0.2, 0.25) is 0 Å². The van der Waals surface area contributed by atoms with Crippen molar-refractivity contribution in [3.8, 4) is 0 Å². The number of ether oxygens (including phenoxy) is 2. The van der Waals surface area contributed by atoms with Gasteiger partial charge in [0.15, 0.2) is 0 Å². The zero-order chi connectivity index (χ0) is 34.0. The van der Waals surface area contributed by atoms with E-state index in [0.717, 1.165) is 0 Å². The molecule has 0 aliphatic carbocycles. The van der Waals surface area contributed by atoms with E-state index >= 15 is 0 Å². The van der Waals surface area contributed by atoms with E-state index in [-0.39, 0.29) is 12.2 Å². The highest BCUT2D eigenvalue weighted by Crippen LogP contribution is 2.55. The SMILES string of the molecule is O=C(/C=C\C(=O)OCC(O)CC(F)(F)C(F)(F)C(F)(F)C(F)(F)F)OCC(O)CC(F)(F)C(F)(F)C(F)(F)C(F)(F)F. The van der Waals surface area contributed by atoms with Crippen LogP contribution in [0.5, 0.6) is 0 Å². The molecule has 6 nitrogen and oxygen atoms in total. The summed E-state index contributed by atoms with van der Waals surface area (Å²) in [5.41, 5.74) is 0. The molecule has 0 heterocycles. The van der Waals surface area contributed by atoms with Gasteiger partial charge in [0, 0.05) is 25.0 Å². The van der Waals surface area contributed by atoms with Gasteiger partial charge in [-0.05, 0) is 0 Å². The van der Waals surface area contributed by atoms with Crippen LogP contribution in [0, 0.1) is 0 Å². The molecule has 2 N–H and O–H groups in total. The molecule has 0 aromatic heterocycles. The Morgan fingerprint density at radius 2 is 0.738 bits per heavy atom. The number of carbonyl (C=O) groups is 2. The zero-order valence-corrected chi connectivity index (χ0v) is 19.5. The van der Waals surface area contributed by atoms with E-state index in [9.17, 15) is 88.6 Å². The lowest BCUT2D eigenvalue weighted by Gasteiger charge is -2.34. The van der Waals surface area contributed by atoms with Crippen LogP contribution in [0.25, 0.3) is 0 Å². The van der Waals surface area contributed by atoms with Crippen molar-refractivity contribution in [3.63, 3.8) is 0 Å². The van der Waals surface area contributed by atoms with Gasteiger partial charge in [0.05, 0.1) is 12.2 Å². The maximum Gasteiger partial charge on any atom is 0.460 e. The first-order chi connectivity index (χ1) is 18.3. The second-order valence-corrected chi connectivity index (χ2v) is 8.01. The fraction of sp³-hybridized carbons (Fsp3) is 0.778. The highest BCUT2D eigenvalue weighted by atomic mass is 19.4. The normalized spacial score (nSPS) is 16.4. The van der Waals surface area contributed by atoms with E-state index in [1.807, 2.05) is 0 Å². The highest BCUT2D eigenvalue weighted by Gasteiger charge is 2.82. The van der Waals surface area contributed by atoms with Crippen molar-refractivity contribution in [2.75, 3.05) is 13.2 Å². The quantitative estimate of drug-likeness (QED) is 0.153. The number of rotatable bonds is 14. The lowest BCUT2D eigenvalue weighted by molar-refractivity contribution is -0.398. The summed E-state index contributed by atoms with van der Waals surface area (Å²) in [6.45, 7) is -3.60. The molecule has 2 unspecified atom stereocenters.